The molecular weight excluding hydrogens is 386 g/mol. The molecule has 2 amide bonds. The Morgan fingerprint density at radius 1 is 1.21 bits per heavy atom. The smallest absolute Gasteiger partial charge is 0.249 e. The number of thiophene rings is 1. The number of rotatable bonds is 5. The Bertz CT molecular complexity index is 1070. The third-order valence-corrected chi connectivity index (χ3v) is 6.14. The summed E-state index contributed by atoms with van der Waals surface area (Å²) in [5.41, 5.74) is 3.78. The van der Waals surface area contributed by atoms with Gasteiger partial charge in [0, 0.05) is 16.0 Å². The van der Waals surface area contributed by atoms with E-state index in [0.29, 0.717) is 5.76 Å². The highest BCUT2D eigenvalue weighted by molar-refractivity contribution is 7.17. The number of fused-ring (bicyclic) bond motifs is 1. The molecule has 0 spiro atoms. The first-order chi connectivity index (χ1) is 14.0. The van der Waals surface area contributed by atoms with Crippen LogP contribution < -0.4 is 10.2 Å². The van der Waals surface area contributed by atoms with Crippen LogP contribution >= 0.6 is 11.3 Å². The maximum absolute atomic E-state index is 12.9. The molecule has 148 valence electrons. The van der Waals surface area contributed by atoms with Crippen LogP contribution in [0.15, 0.2) is 58.1 Å². The molecule has 1 aromatic carbocycles. The molecule has 1 aliphatic rings. The van der Waals surface area contributed by atoms with E-state index in [-0.39, 0.29) is 31.4 Å². The third-order valence-electron chi connectivity index (χ3n) is 4.91. The quantitative estimate of drug-likeness (QED) is 0.704. The fourth-order valence-electron chi connectivity index (χ4n) is 3.29. The molecule has 3 heterocycles. The van der Waals surface area contributed by atoms with E-state index in [1.807, 2.05) is 44.2 Å². The highest BCUT2D eigenvalue weighted by Crippen LogP contribution is 2.38. The summed E-state index contributed by atoms with van der Waals surface area (Å²) in [5, 5.41) is 3.59. The molecule has 0 radical (unpaired) electrons. The van der Waals surface area contributed by atoms with Gasteiger partial charge in [-0.1, -0.05) is 30.3 Å². The largest absolute Gasteiger partial charge is 0.467 e. The van der Waals surface area contributed by atoms with E-state index < -0.39 is 0 Å². The van der Waals surface area contributed by atoms with Crippen LogP contribution in [0, 0.1) is 13.8 Å². The van der Waals surface area contributed by atoms with Crippen molar-refractivity contribution < 1.29 is 14.0 Å². The molecule has 1 N–H and O–H groups in total. The van der Waals surface area contributed by atoms with Crippen LogP contribution in [0.5, 0.6) is 0 Å². The highest BCUT2D eigenvalue weighted by atomic mass is 32.1. The molecule has 0 atom stereocenters. The molecule has 1 aliphatic heterocycles. The summed E-state index contributed by atoms with van der Waals surface area (Å²) >= 11 is 1.52. The van der Waals surface area contributed by atoms with E-state index in [9.17, 15) is 9.59 Å². The fraction of sp³-hybridized carbons (Fsp3) is 0.227. The minimum atomic E-state index is -0.243. The van der Waals surface area contributed by atoms with Gasteiger partial charge in [-0.25, -0.2) is 0 Å². The third kappa shape index (κ3) is 3.86. The fourth-order valence-corrected chi connectivity index (χ4v) is 4.47. The van der Waals surface area contributed by atoms with Gasteiger partial charge in [0.25, 0.3) is 0 Å². The van der Waals surface area contributed by atoms with Gasteiger partial charge in [0.1, 0.15) is 23.9 Å². The normalized spacial score (nSPS) is 13.7. The Morgan fingerprint density at radius 3 is 2.72 bits per heavy atom. The van der Waals surface area contributed by atoms with Gasteiger partial charge in [0.15, 0.2) is 0 Å². The predicted molar refractivity (Wildman–Crippen MR) is 114 cm³/mol. The second-order valence-corrected chi connectivity index (χ2v) is 8.03. The number of amides is 2. The topological polar surface area (TPSA) is 74.9 Å². The summed E-state index contributed by atoms with van der Waals surface area (Å²) in [6, 6.07) is 13.4. The molecule has 0 unspecified atom stereocenters. The second kappa shape index (κ2) is 8.05. The zero-order chi connectivity index (χ0) is 20.4. The maximum atomic E-state index is 12.9. The standard InChI is InChI=1S/C22H21N3O3S/c1-14-15(2)29-22-20(14)21(16-7-4-3-5-8-16)24-12-19(27)25(22)13-18(26)23-11-17-9-6-10-28-17/h3-10H,11-13H2,1-2H3,(H,23,26). The molecule has 29 heavy (non-hydrogen) atoms. The number of nitrogens with zero attached hydrogens (tertiary/aromatic N) is 2. The number of benzene rings is 1. The lowest BCUT2D eigenvalue weighted by Crippen LogP contribution is -2.41. The molecular formula is C22H21N3O3S. The van der Waals surface area contributed by atoms with E-state index in [4.69, 9.17) is 4.42 Å². The Hall–Kier alpha value is -3.19. The lowest BCUT2D eigenvalue weighted by Gasteiger charge is -2.20. The summed E-state index contributed by atoms with van der Waals surface area (Å²) in [7, 11) is 0. The SMILES string of the molecule is Cc1sc2c(c1C)C(c1ccccc1)=NCC(=O)N2CC(=O)NCc1ccco1. The van der Waals surface area contributed by atoms with Crippen LogP contribution in [0.4, 0.5) is 5.00 Å². The van der Waals surface area contributed by atoms with E-state index in [2.05, 4.69) is 10.3 Å². The Balaban J connectivity index is 1.64. The number of nitrogens with one attached hydrogen (secondary N) is 1. The number of carbonyl (C=O) groups excluding carboxylic acids is 2. The van der Waals surface area contributed by atoms with Crippen LogP contribution in [-0.4, -0.2) is 30.6 Å². The van der Waals surface area contributed by atoms with Gasteiger partial charge in [-0.15, -0.1) is 11.3 Å². The number of hydrogen-bond donors (Lipinski definition) is 1. The van der Waals surface area contributed by atoms with Gasteiger partial charge in [-0.05, 0) is 31.5 Å². The van der Waals surface area contributed by atoms with Crippen molar-refractivity contribution in [3.8, 4) is 0 Å². The van der Waals surface area contributed by atoms with Crippen molar-refractivity contribution in [3.05, 3.63) is 76.1 Å². The Kier molecular flexibility index (Phi) is 5.31. The minimum absolute atomic E-state index is 0.00950. The first-order valence-electron chi connectivity index (χ1n) is 9.34. The Labute approximate surface area is 172 Å². The summed E-state index contributed by atoms with van der Waals surface area (Å²) in [4.78, 5) is 32.7. The van der Waals surface area contributed by atoms with E-state index >= 15 is 0 Å². The van der Waals surface area contributed by atoms with Gasteiger partial charge in [0.05, 0.1) is 18.5 Å². The van der Waals surface area contributed by atoms with Crippen molar-refractivity contribution in [1.82, 2.24) is 5.32 Å². The molecule has 2 aromatic heterocycles. The zero-order valence-electron chi connectivity index (χ0n) is 16.3. The molecule has 0 bridgehead atoms. The van der Waals surface area contributed by atoms with Gasteiger partial charge < -0.3 is 9.73 Å². The molecule has 4 rings (SSSR count). The molecule has 0 saturated heterocycles. The van der Waals surface area contributed by atoms with E-state index in [0.717, 1.165) is 32.3 Å². The van der Waals surface area contributed by atoms with Crippen molar-refractivity contribution in [3.63, 3.8) is 0 Å². The average Bonchev–Trinajstić information content (AvgIpc) is 3.32. The van der Waals surface area contributed by atoms with Crippen LogP contribution in [0.3, 0.4) is 0 Å². The number of furan rings is 1. The van der Waals surface area contributed by atoms with Crippen molar-refractivity contribution in [2.45, 2.75) is 20.4 Å². The van der Waals surface area contributed by atoms with E-state index in [1.54, 1.807) is 23.3 Å². The summed E-state index contributed by atoms with van der Waals surface area (Å²) in [5.74, 6) is 0.234. The lowest BCUT2D eigenvalue weighted by atomic mass is 10.00. The summed E-state index contributed by atoms with van der Waals surface area (Å²) < 4.78 is 5.24. The predicted octanol–water partition coefficient (Wildman–Crippen LogP) is 3.46. The molecule has 0 fully saturated rings. The first-order valence-corrected chi connectivity index (χ1v) is 10.2. The number of carbonyl (C=O) groups is 2. The second-order valence-electron chi connectivity index (χ2n) is 6.83. The highest BCUT2D eigenvalue weighted by Gasteiger charge is 2.30. The number of hydrogen-bond acceptors (Lipinski definition) is 5. The molecule has 6 nitrogen and oxygen atoms in total. The molecule has 7 heteroatoms. The lowest BCUT2D eigenvalue weighted by molar-refractivity contribution is -0.123. The average molecular weight is 407 g/mol. The number of anilines is 1. The first kappa shape index (κ1) is 19.1. The van der Waals surface area contributed by atoms with Crippen LogP contribution in [0.2, 0.25) is 0 Å². The van der Waals surface area contributed by atoms with E-state index in [1.165, 1.54) is 11.3 Å². The number of aliphatic imine (C=N–C) groups is 1. The summed E-state index contributed by atoms with van der Waals surface area (Å²) in [6.07, 6.45) is 1.56. The van der Waals surface area contributed by atoms with Crippen molar-refractivity contribution in [2.24, 2.45) is 4.99 Å². The van der Waals surface area contributed by atoms with Crippen LogP contribution in [-0.2, 0) is 16.1 Å². The zero-order valence-corrected chi connectivity index (χ0v) is 17.1. The van der Waals surface area contributed by atoms with Crippen molar-refractivity contribution >= 4 is 33.9 Å². The van der Waals surface area contributed by atoms with Gasteiger partial charge in [-0.3, -0.25) is 19.5 Å². The van der Waals surface area contributed by atoms with Gasteiger partial charge >= 0.3 is 0 Å². The minimum Gasteiger partial charge on any atom is -0.467 e. The summed E-state index contributed by atoms with van der Waals surface area (Å²) in [6.45, 7) is 4.30. The monoisotopic (exact) mass is 407 g/mol. The van der Waals surface area contributed by atoms with Crippen molar-refractivity contribution in [2.75, 3.05) is 18.0 Å². The van der Waals surface area contributed by atoms with Crippen molar-refractivity contribution in [1.29, 1.82) is 0 Å². The van der Waals surface area contributed by atoms with Crippen LogP contribution in [0.25, 0.3) is 0 Å². The molecule has 3 aromatic rings. The molecule has 0 saturated carbocycles. The van der Waals surface area contributed by atoms with Gasteiger partial charge in [0.2, 0.25) is 11.8 Å². The maximum Gasteiger partial charge on any atom is 0.249 e. The molecule has 0 aliphatic carbocycles. The van der Waals surface area contributed by atoms with Crippen LogP contribution in [0.1, 0.15) is 27.3 Å². The Morgan fingerprint density at radius 2 is 2.00 bits per heavy atom. The number of aryl methyl sites for hydroxylation is 1. The van der Waals surface area contributed by atoms with Gasteiger partial charge in [-0.2, -0.15) is 0 Å².